The molecular weight excluding hydrogens is 620 g/mol. The predicted molar refractivity (Wildman–Crippen MR) is 168 cm³/mol. The number of imidazole rings is 1. The molecule has 1 atom stereocenters. The van der Waals surface area contributed by atoms with Crippen molar-refractivity contribution < 1.29 is 33.5 Å². The number of nitrogen functional groups attached to an aromatic ring is 1. The molecule has 3 heterocycles. The van der Waals surface area contributed by atoms with Crippen molar-refractivity contribution in [1.29, 1.82) is 0 Å². The number of carbonyl (C=O) groups is 4. The van der Waals surface area contributed by atoms with E-state index >= 15 is 0 Å². The fourth-order valence-electron chi connectivity index (χ4n) is 4.41. The summed E-state index contributed by atoms with van der Waals surface area (Å²) in [6, 6.07) is 7.29. The van der Waals surface area contributed by atoms with Crippen LogP contribution in [-0.2, 0) is 41.8 Å². The van der Waals surface area contributed by atoms with Crippen molar-refractivity contribution in [1.82, 2.24) is 34.8 Å². The summed E-state index contributed by atoms with van der Waals surface area (Å²) in [6.07, 6.45) is -0.200. The Morgan fingerprint density at radius 3 is 2.46 bits per heavy atom. The lowest BCUT2D eigenvalue weighted by molar-refractivity contribution is -0.200. The van der Waals surface area contributed by atoms with Crippen LogP contribution in [-0.4, -0.2) is 106 Å². The summed E-state index contributed by atoms with van der Waals surface area (Å²) >= 11 is 1.48. The molecule has 3 amide bonds. The quantitative estimate of drug-likeness (QED) is 0.132. The van der Waals surface area contributed by atoms with Gasteiger partial charge in [0.05, 0.1) is 19.1 Å². The summed E-state index contributed by atoms with van der Waals surface area (Å²) in [6.45, 7) is 1.71. The van der Waals surface area contributed by atoms with Crippen molar-refractivity contribution >= 4 is 52.4 Å². The van der Waals surface area contributed by atoms with E-state index in [0.29, 0.717) is 22.8 Å². The number of amides is 3. The van der Waals surface area contributed by atoms with Gasteiger partial charge in [-0.05, 0) is 25.2 Å². The zero-order valence-electron chi connectivity index (χ0n) is 25.9. The molecule has 0 bridgehead atoms. The number of ether oxygens (including phenoxy) is 2. The third-order valence-electron chi connectivity index (χ3n) is 6.96. The summed E-state index contributed by atoms with van der Waals surface area (Å²) in [5, 5.41) is 3.31. The molecule has 1 saturated heterocycles. The minimum absolute atomic E-state index is 0.0135. The first kappa shape index (κ1) is 34.4. The molecule has 1 aromatic carbocycles. The first-order valence-electron chi connectivity index (χ1n) is 14.6. The van der Waals surface area contributed by atoms with Gasteiger partial charge < -0.3 is 35.2 Å². The van der Waals surface area contributed by atoms with Gasteiger partial charge in [-0.1, -0.05) is 24.3 Å². The molecule has 4 rings (SSSR count). The predicted octanol–water partition coefficient (Wildman–Crippen LogP) is 0.300. The van der Waals surface area contributed by atoms with Gasteiger partial charge in [0.25, 0.3) is 11.8 Å². The van der Waals surface area contributed by atoms with E-state index in [0.717, 1.165) is 23.4 Å². The Kier molecular flexibility index (Phi) is 12.1. The fourth-order valence-corrected chi connectivity index (χ4v) is 5.60. The van der Waals surface area contributed by atoms with Crippen molar-refractivity contribution in [3.05, 3.63) is 45.9 Å². The lowest BCUT2D eigenvalue weighted by atomic mass is 10.1. The van der Waals surface area contributed by atoms with Gasteiger partial charge in [0, 0.05) is 51.0 Å². The Balaban J connectivity index is 1.35. The number of anilines is 1. The van der Waals surface area contributed by atoms with Crippen LogP contribution in [0.25, 0.3) is 11.2 Å². The van der Waals surface area contributed by atoms with Crippen LogP contribution in [0, 0.1) is 5.92 Å². The maximum absolute atomic E-state index is 12.9. The van der Waals surface area contributed by atoms with Gasteiger partial charge in [-0.25, -0.2) is 9.59 Å². The molecule has 16 nitrogen and oxygen atoms in total. The molecule has 248 valence electrons. The number of rotatable bonds is 17. The molecule has 1 aliphatic rings. The largest absolute Gasteiger partial charge is 0.461 e. The van der Waals surface area contributed by atoms with E-state index in [4.69, 9.17) is 20.0 Å². The molecule has 2 aromatic heterocycles. The van der Waals surface area contributed by atoms with E-state index in [2.05, 4.69) is 20.3 Å². The smallest absolute Gasteiger partial charge is 0.337 e. The lowest BCUT2D eigenvalue weighted by Gasteiger charge is -2.19. The zero-order valence-corrected chi connectivity index (χ0v) is 26.8. The number of H-pyrrole nitrogens is 1. The molecule has 3 aromatic rings. The van der Waals surface area contributed by atoms with E-state index in [1.165, 1.54) is 16.3 Å². The van der Waals surface area contributed by atoms with Crippen LogP contribution in [0.4, 0.5) is 5.82 Å². The van der Waals surface area contributed by atoms with Crippen molar-refractivity contribution in [2.24, 2.45) is 5.92 Å². The third kappa shape index (κ3) is 9.27. The van der Waals surface area contributed by atoms with Gasteiger partial charge in [-0.15, -0.1) is 5.06 Å². The van der Waals surface area contributed by atoms with Crippen LogP contribution in [0.15, 0.2) is 29.1 Å². The Hall–Kier alpha value is -4.48. The second-order valence-electron chi connectivity index (χ2n) is 10.8. The molecule has 1 fully saturated rings. The molecule has 1 unspecified atom stereocenters. The maximum atomic E-state index is 12.9. The fraction of sp³-hybridized carbons (Fsp3) is 0.483. The van der Waals surface area contributed by atoms with E-state index in [9.17, 15) is 24.0 Å². The van der Waals surface area contributed by atoms with Gasteiger partial charge >= 0.3 is 17.7 Å². The number of fused-ring (bicyclic) bond motifs is 1. The Bertz CT molecular complexity index is 1590. The maximum Gasteiger partial charge on any atom is 0.337 e. The normalized spacial score (nSPS) is 13.9. The van der Waals surface area contributed by atoms with Crippen molar-refractivity contribution in [3.63, 3.8) is 0 Å². The van der Waals surface area contributed by atoms with E-state index in [1.807, 2.05) is 43.3 Å². The first-order valence-corrected chi connectivity index (χ1v) is 15.7. The molecule has 0 saturated carbocycles. The van der Waals surface area contributed by atoms with E-state index in [1.54, 1.807) is 7.11 Å². The third-order valence-corrected chi connectivity index (χ3v) is 8.07. The number of nitrogens with zero attached hydrogens (tertiary/aromatic N) is 5. The van der Waals surface area contributed by atoms with Crippen LogP contribution in [0.3, 0.4) is 0 Å². The number of thioether (sulfide) groups is 1. The van der Waals surface area contributed by atoms with Crippen LogP contribution < -0.4 is 21.5 Å². The molecule has 4 N–H and O–H groups in total. The summed E-state index contributed by atoms with van der Waals surface area (Å²) < 4.78 is 11.9. The van der Waals surface area contributed by atoms with Crippen molar-refractivity contribution in [3.8, 4) is 6.01 Å². The molecule has 1 aliphatic heterocycles. The first-order chi connectivity index (χ1) is 22.0. The van der Waals surface area contributed by atoms with Crippen LogP contribution in [0.1, 0.15) is 30.4 Å². The number of hydrogen-bond donors (Lipinski definition) is 3. The standard InChI is InChI=1S/C29H38N8O8S/c1-35(2)10-13-46-17-20(27(41)45-37-22(39)8-9-23(37)40)14-21(38)31-15-18-4-6-19(7-5-18)16-36-26-24(32-29(36)42)25(30)33-28(34-26)44-12-11-43-3/h4-7,20H,8-17H2,1-3H3,(H,31,38)(H,32,42)(H2,30,33,34). The van der Waals surface area contributed by atoms with Gasteiger partial charge in [-0.3, -0.25) is 19.0 Å². The monoisotopic (exact) mass is 658 g/mol. The highest BCUT2D eigenvalue weighted by molar-refractivity contribution is 7.99. The second kappa shape index (κ2) is 16.2. The second-order valence-corrected chi connectivity index (χ2v) is 12.0. The molecular formula is C29H38N8O8S. The molecule has 0 radical (unpaired) electrons. The lowest BCUT2D eigenvalue weighted by Crippen LogP contribution is -2.37. The number of hydroxylamine groups is 2. The number of hydrogen-bond acceptors (Lipinski definition) is 13. The number of nitrogens with one attached hydrogen (secondary N) is 2. The topological polar surface area (TPSA) is 204 Å². The highest BCUT2D eigenvalue weighted by Gasteiger charge is 2.35. The minimum atomic E-state index is -0.853. The molecule has 46 heavy (non-hydrogen) atoms. The zero-order chi connectivity index (χ0) is 33.2. The summed E-state index contributed by atoms with van der Waals surface area (Å²) in [4.78, 5) is 80.4. The SMILES string of the molecule is COCCOc1nc(N)c2[nH]c(=O)n(Cc3ccc(CNC(=O)CC(CSCCN(C)C)C(=O)ON4C(=O)CCC4=O)cc3)c2n1. The summed E-state index contributed by atoms with van der Waals surface area (Å²) in [7, 11) is 5.40. The van der Waals surface area contributed by atoms with Gasteiger partial charge in [-0.2, -0.15) is 21.7 Å². The highest BCUT2D eigenvalue weighted by Crippen LogP contribution is 2.20. The van der Waals surface area contributed by atoms with Crippen molar-refractivity contribution in [2.45, 2.75) is 32.4 Å². The number of aromatic amines is 1. The number of aromatic nitrogens is 4. The van der Waals surface area contributed by atoms with Crippen LogP contribution >= 0.6 is 11.8 Å². The number of methoxy groups -OCH3 is 1. The number of benzene rings is 1. The van der Waals surface area contributed by atoms with Crippen LogP contribution in [0.2, 0.25) is 0 Å². The van der Waals surface area contributed by atoms with Gasteiger partial charge in [0.15, 0.2) is 11.5 Å². The van der Waals surface area contributed by atoms with Crippen molar-refractivity contribution in [2.75, 3.05) is 58.2 Å². The molecule has 0 aliphatic carbocycles. The van der Waals surface area contributed by atoms with Gasteiger partial charge in [0.1, 0.15) is 12.1 Å². The molecule has 0 spiro atoms. The average Bonchev–Trinajstić information content (AvgIpc) is 3.51. The molecule has 17 heteroatoms. The summed E-state index contributed by atoms with van der Waals surface area (Å²) in [5.74, 6) is -2.09. The average molecular weight is 659 g/mol. The minimum Gasteiger partial charge on any atom is -0.461 e. The van der Waals surface area contributed by atoms with E-state index < -0.39 is 29.4 Å². The number of carbonyl (C=O) groups excluding carboxylic acids is 4. The van der Waals surface area contributed by atoms with Gasteiger partial charge in [0.2, 0.25) is 5.91 Å². The highest BCUT2D eigenvalue weighted by atomic mass is 32.2. The Morgan fingerprint density at radius 2 is 1.78 bits per heavy atom. The Labute approximate surface area is 268 Å². The van der Waals surface area contributed by atoms with Crippen LogP contribution in [0.5, 0.6) is 6.01 Å². The summed E-state index contributed by atoms with van der Waals surface area (Å²) in [5.41, 5.74) is 7.79. The Morgan fingerprint density at radius 1 is 1.09 bits per heavy atom. The number of imide groups is 1. The number of nitrogens with two attached hydrogens (primary N) is 1. The van der Waals surface area contributed by atoms with E-state index in [-0.39, 0.29) is 62.4 Å².